The summed E-state index contributed by atoms with van der Waals surface area (Å²) in [7, 11) is 0. The van der Waals surface area contributed by atoms with Crippen molar-refractivity contribution in [1.82, 2.24) is 0 Å². The molecular formula is C27H27N3O3S. The number of carbonyl (C=O) groups excluding carboxylic acids is 2. The Morgan fingerprint density at radius 3 is 2.41 bits per heavy atom. The van der Waals surface area contributed by atoms with Gasteiger partial charge in [0.05, 0.1) is 23.7 Å². The number of hydrogen-bond acceptors (Lipinski definition) is 5. The van der Waals surface area contributed by atoms with E-state index < -0.39 is 5.25 Å². The standard InChI is InChI=1S/C27H27N3O3S/c1-2-3-18-33-23-17-11-10-16-22(23)29-25(31)19-24-26(32)30(21-14-8-5-9-15-21)27(34-24)28-20-12-6-4-7-13-20/h4-17,24H,2-3,18-19H2,1H3,(H,29,31)/t24-/m0/s1. The van der Waals surface area contributed by atoms with Gasteiger partial charge >= 0.3 is 0 Å². The molecule has 0 saturated carbocycles. The molecule has 3 aromatic carbocycles. The Morgan fingerprint density at radius 1 is 1.00 bits per heavy atom. The fraction of sp³-hybridized carbons (Fsp3) is 0.222. The molecule has 174 valence electrons. The Hall–Kier alpha value is -3.58. The summed E-state index contributed by atoms with van der Waals surface area (Å²) >= 11 is 1.31. The Bertz CT molecular complexity index is 1150. The number of hydrogen-bond donors (Lipinski definition) is 1. The number of benzene rings is 3. The van der Waals surface area contributed by atoms with Gasteiger partial charge in [-0.1, -0.05) is 73.6 Å². The van der Waals surface area contributed by atoms with E-state index in [1.165, 1.54) is 11.8 Å². The highest BCUT2D eigenvalue weighted by atomic mass is 32.2. The zero-order valence-corrected chi connectivity index (χ0v) is 19.8. The SMILES string of the molecule is CCCCOc1ccccc1NC(=O)C[C@@H]1SC(=Nc2ccccc2)N(c2ccccc2)C1=O. The van der Waals surface area contributed by atoms with Crippen molar-refractivity contribution in [3.05, 3.63) is 84.9 Å². The lowest BCUT2D eigenvalue weighted by Gasteiger charge is -2.16. The first-order valence-corrected chi connectivity index (χ1v) is 12.2. The maximum atomic E-state index is 13.4. The molecule has 1 N–H and O–H groups in total. The summed E-state index contributed by atoms with van der Waals surface area (Å²) in [4.78, 5) is 32.6. The molecule has 3 aromatic rings. The van der Waals surface area contributed by atoms with Crippen LogP contribution in [0.2, 0.25) is 0 Å². The summed E-state index contributed by atoms with van der Waals surface area (Å²) in [5.74, 6) is 0.229. The lowest BCUT2D eigenvalue weighted by atomic mass is 10.2. The van der Waals surface area contributed by atoms with Gasteiger partial charge in [-0.25, -0.2) is 4.99 Å². The second-order valence-corrected chi connectivity index (χ2v) is 8.97. The van der Waals surface area contributed by atoms with E-state index in [0.717, 1.165) is 24.2 Å². The van der Waals surface area contributed by atoms with E-state index in [2.05, 4.69) is 12.2 Å². The Labute approximate surface area is 204 Å². The normalized spacial score (nSPS) is 16.6. The van der Waals surface area contributed by atoms with E-state index >= 15 is 0 Å². The van der Waals surface area contributed by atoms with Crippen LogP contribution in [0.3, 0.4) is 0 Å². The maximum absolute atomic E-state index is 13.4. The molecule has 1 aliphatic heterocycles. The minimum Gasteiger partial charge on any atom is -0.491 e. The van der Waals surface area contributed by atoms with Crippen molar-refractivity contribution in [1.29, 1.82) is 0 Å². The maximum Gasteiger partial charge on any atom is 0.247 e. The predicted octanol–water partition coefficient (Wildman–Crippen LogP) is 6.03. The van der Waals surface area contributed by atoms with E-state index in [0.29, 0.717) is 23.2 Å². The second-order valence-electron chi connectivity index (χ2n) is 7.80. The molecule has 1 fully saturated rings. The summed E-state index contributed by atoms with van der Waals surface area (Å²) in [5, 5.41) is 2.90. The van der Waals surface area contributed by atoms with Crippen LogP contribution >= 0.6 is 11.8 Å². The van der Waals surface area contributed by atoms with Gasteiger partial charge in [0, 0.05) is 6.42 Å². The summed E-state index contributed by atoms with van der Waals surface area (Å²) in [6.45, 7) is 2.69. The van der Waals surface area contributed by atoms with Crippen molar-refractivity contribution in [3.8, 4) is 5.75 Å². The molecule has 7 heteroatoms. The van der Waals surface area contributed by atoms with Crippen LogP contribution in [0, 0.1) is 0 Å². The van der Waals surface area contributed by atoms with E-state index in [4.69, 9.17) is 9.73 Å². The zero-order valence-electron chi connectivity index (χ0n) is 19.0. The van der Waals surface area contributed by atoms with Crippen molar-refractivity contribution in [3.63, 3.8) is 0 Å². The van der Waals surface area contributed by atoms with Gasteiger partial charge < -0.3 is 10.1 Å². The Morgan fingerprint density at radius 2 is 1.68 bits per heavy atom. The van der Waals surface area contributed by atoms with Crippen LogP contribution in [0.4, 0.5) is 17.1 Å². The number of amides is 2. The van der Waals surface area contributed by atoms with Crippen LogP contribution in [0.15, 0.2) is 89.9 Å². The van der Waals surface area contributed by atoms with Crippen LogP contribution in [-0.2, 0) is 9.59 Å². The van der Waals surface area contributed by atoms with Crippen molar-refractivity contribution >= 4 is 45.8 Å². The van der Waals surface area contributed by atoms with Crippen LogP contribution in [-0.4, -0.2) is 28.8 Å². The van der Waals surface area contributed by atoms with Gasteiger partial charge in [-0.05, 0) is 42.8 Å². The van der Waals surface area contributed by atoms with Crippen LogP contribution in [0.25, 0.3) is 0 Å². The number of para-hydroxylation sites is 4. The van der Waals surface area contributed by atoms with Gasteiger partial charge in [0.1, 0.15) is 11.0 Å². The number of nitrogens with zero attached hydrogens (tertiary/aromatic N) is 2. The number of unbranched alkanes of at least 4 members (excludes halogenated alkanes) is 1. The predicted molar refractivity (Wildman–Crippen MR) is 139 cm³/mol. The van der Waals surface area contributed by atoms with Crippen molar-refractivity contribution in [2.75, 3.05) is 16.8 Å². The first kappa shape index (κ1) is 23.6. The fourth-order valence-electron chi connectivity index (χ4n) is 3.49. The lowest BCUT2D eigenvalue weighted by Crippen LogP contribution is -2.33. The number of amidine groups is 1. The monoisotopic (exact) mass is 473 g/mol. The largest absolute Gasteiger partial charge is 0.491 e. The highest BCUT2D eigenvalue weighted by Gasteiger charge is 2.40. The summed E-state index contributed by atoms with van der Waals surface area (Å²) in [6.07, 6.45) is 2.00. The molecular weight excluding hydrogens is 446 g/mol. The molecule has 1 heterocycles. The summed E-state index contributed by atoms with van der Waals surface area (Å²) < 4.78 is 5.81. The second kappa shape index (κ2) is 11.5. The minimum atomic E-state index is -0.573. The van der Waals surface area contributed by atoms with E-state index in [-0.39, 0.29) is 18.2 Å². The molecule has 34 heavy (non-hydrogen) atoms. The van der Waals surface area contributed by atoms with Crippen molar-refractivity contribution < 1.29 is 14.3 Å². The van der Waals surface area contributed by atoms with Gasteiger partial charge in [0.25, 0.3) is 0 Å². The topological polar surface area (TPSA) is 71.0 Å². The smallest absolute Gasteiger partial charge is 0.247 e. The number of thioether (sulfide) groups is 1. The third kappa shape index (κ3) is 5.85. The van der Waals surface area contributed by atoms with Crippen molar-refractivity contribution in [2.45, 2.75) is 31.4 Å². The molecule has 0 bridgehead atoms. The molecule has 0 spiro atoms. The first-order valence-electron chi connectivity index (χ1n) is 11.4. The van der Waals surface area contributed by atoms with E-state index in [1.54, 1.807) is 11.0 Å². The van der Waals surface area contributed by atoms with Crippen molar-refractivity contribution in [2.24, 2.45) is 4.99 Å². The zero-order chi connectivity index (χ0) is 23.8. The van der Waals surface area contributed by atoms with Crippen LogP contribution in [0.5, 0.6) is 5.75 Å². The lowest BCUT2D eigenvalue weighted by molar-refractivity contribution is -0.121. The van der Waals surface area contributed by atoms with Gasteiger partial charge in [-0.3, -0.25) is 14.5 Å². The van der Waals surface area contributed by atoms with Crippen LogP contribution < -0.4 is 15.0 Å². The summed E-state index contributed by atoms with van der Waals surface area (Å²) in [5.41, 5.74) is 2.09. The Balaban J connectivity index is 1.51. The molecule has 0 aromatic heterocycles. The van der Waals surface area contributed by atoms with Gasteiger partial charge in [-0.2, -0.15) is 0 Å². The molecule has 4 rings (SSSR count). The summed E-state index contributed by atoms with van der Waals surface area (Å²) in [6, 6.07) is 26.2. The molecule has 0 unspecified atom stereocenters. The quantitative estimate of drug-likeness (QED) is 0.385. The molecule has 2 amide bonds. The highest BCUT2D eigenvalue weighted by Crippen LogP contribution is 2.35. The number of carbonyl (C=O) groups is 2. The first-order chi connectivity index (χ1) is 16.7. The Kier molecular flexibility index (Phi) is 7.99. The molecule has 1 saturated heterocycles. The van der Waals surface area contributed by atoms with E-state index in [9.17, 15) is 9.59 Å². The molecule has 1 atom stereocenters. The van der Waals surface area contributed by atoms with Gasteiger partial charge in [0.2, 0.25) is 11.8 Å². The molecule has 0 aliphatic carbocycles. The number of anilines is 2. The average Bonchev–Trinajstić information content (AvgIpc) is 3.15. The third-order valence-corrected chi connectivity index (χ3v) is 6.36. The average molecular weight is 474 g/mol. The number of aliphatic imine (C=N–C) groups is 1. The number of rotatable bonds is 9. The van der Waals surface area contributed by atoms with E-state index in [1.807, 2.05) is 78.9 Å². The highest BCUT2D eigenvalue weighted by molar-refractivity contribution is 8.16. The molecule has 0 radical (unpaired) electrons. The molecule has 6 nitrogen and oxygen atoms in total. The minimum absolute atomic E-state index is 0.0317. The van der Waals surface area contributed by atoms with Crippen LogP contribution in [0.1, 0.15) is 26.2 Å². The molecule has 1 aliphatic rings. The number of ether oxygens (including phenoxy) is 1. The third-order valence-electron chi connectivity index (χ3n) is 5.22. The number of nitrogens with one attached hydrogen (secondary N) is 1. The van der Waals surface area contributed by atoms with Gasteiger partial charge in [0.15, 0.2) is 5.17 Å². The van der Waals surface area contributed by atoms with Gasteiger partial charge in [-0.15, -0.1) is 0 Å². The fourth-order valence-corrected chi connectivity index (χ4v) is 4.65.